The van der Waals surface area contributed by atoms with Crippen LogP contribution in [0.5, 0.6) is 0 Å². The number of nitrogens with two attached hydrogens (primary N) is 1. The van der Waals surface area contributed by atoms with Crippen molar-refractivity contribution in [1.29, 1.82) is 0 Å². The monoisotopic (exact) mass is 800 g/mol. The molecular formula is C39H48F4N8O4S. The van der Waals surface area contributed by atoms with E-state index in [0.29, 0.717) is 59.7 Å². The molecule has 3 aliphatic rings. The first kappa shape index (κ1) is 40.1. The summed E-state index contributed by atoms with van der Waals surface area (Å²) in [5.74, 6) is -1.72. The minimum absolute atomic E-state index is 0.0476. The highest BCUT2D eigenvalue weighted by atomic mass is 32.1. The minimum Gasteiger partial charge on any atom is -0.464 e. The fraction of sp³-hybridized carbons (Fsp3) is 0.538. The Morgan fingerprint density at radius 1 is 1.12 bits per heavy atom. The molecule has 3 aliphatic heterocycles. The third-order valence-corrected chi connectivity index (χ3v) is 11.8. The summed E-state index contributed by atoms with van der Waals surface area (Å²) in [5, 5.41) is 3.89. The number of benzene rings is 1. The first-order valence-corrected chi connectivity index (χ1v) is 19.7. The summed E-state index contributed by atoms with van der Waals surface area (Å²) in [4.78, 5) is 40.7. The molecular weight excluding hydrogens is 753 g/mol. The number of piperazine rings is 1. The summed E-state index contributed by atoms with van der Waals surface area (Å²) >= 11 is 1.21. The number of amides is 1. The molecule has 0 unspecified atom stereocenters. The number of rotatable bonds is 5. The molecule has 3 N–H and O–H groups in total. The molecule has 302 valence electrons. The van der Waals surface area contributed by atoms with Gasteiger partial charge in [0.1, 0.15) is 18.4 Å². The van der Waals surface area contributed by atoms with Gasteiger partial charge in [0.2, 0.25) is 0 Å². The molecule has 4 aromatic rings. The van der Waals surface area contributed by atoms with E-state index in [-0.39, 0.29) is 41.9 Å². The third kappa shape index (κ3) is 8.28. The van der Waals surface area contributed by atoms with Gasteiger partial charge in [-0.3, -0.25) is 19.6 Å². The number of nitrogens with zero attached hydrogens (tertiary/aromatic N) is 6. The minimum atomic E-state index is -4.68. The van der Waals surface area contributed by atoms with Crippen LogP contribution >= 0.6 is 11.3 Å². The lowest BCUT2D eigenvalue weighted by atomic mass is 9.84. The second-order valence-corrected chi connectivity index (χ2v) is 16.8. The van der Waals surface area contributed by atoms with Crippen LogP contribution in [0, 0.1) is 11.2 Å². The lowest BCUT2D eigenvalue weighted by Gasteiger charge is -2.35. The van der Waals surface area contributed by atoms with Crippen LogP contribution in [-0.2, 0) is 38.4 Å². The third-order valence-electron chi connectivity index (χ3n) is 10.9. The molecule has 1 aromatic carbocycles. The van der Waals surface area contributed by atoms with Gasteiger partial charge in [-0.1, -0.05) is 13.8 Å². The second-order valence-electron chi connectivity index (χ2n) is 15.9. The van der Waals surface area contributed by atoms with E-state index in [1.165, 1.54) is 23.5 Å². The van der Waals surface area contributed by atoms with Crippen LogP contribution < -0.4 is 16.1 Å². The molecule has 1 amide bonds. The van der Waals surface area contributed by atoms with Crippen molar-refractivity contribution in [1.82, 2.24) is 29.9 Å². The van der Waals surface area contributed by atoms with Crippen LogP contribution in [0.1, 0.15) is 56.0 Å². The number of pyridine rings is 1. The van der Waals surface area contributed by atoms with Crippen molar-refractivity contribution >= 4 is 39.8 Å². The highest BCUT2D eigenvalue weighted by Crippen LogP contribution is 2.44. The average Bonchev–Trinajstić information content (AvgIpc) is 3.73. The molecule has 3 aromatic heterocycles. The molecule has 2 saturated heterocycles. The lowest BCUT2D eigenvalue weighted by Crippen LogP contribution is -2.59. The van der Waals surface area contributed by atoms with Crippen molar-refractivity contribution in [3.8, 4) is 22.5 Å². The van der Waals surface area contributed by atoms with Crippen LogP contribution in [0.3, 0.4) is 0 Å². The predicted molar refractivity (Wildman–Crippen MR) is 205 cm³/mol. The fourth-order valence-corrected chi connectivity index (χ4v) is 8.66. The highest BCUT2D eigenvalue weighted by Gasteiger charge is 2.37. The van der Waals surface area contributed by atoms with E-state index in [9.17, 15) is 22.8 Å². The molecule has 0 spiro atoms. The Morgan fingerprint density at radius 2 is 1.88 bits per heavy atom. The molecule has 56 heavy (non-hydrogen) atoms. The summed E-state index contributed by atoms with van der Waals surface area (Å²) < 4.78 is 73.4. The number of ether oxygens (including phenoxy) is 2. The zero-order valence-corrected chi connectivity index (χ0v) is 33.0. The van der Waals surface area contributed by atoms with Crippen LogP contribution in [0.4, 0.5) is 23.2 Å². The number of hydrogen-bond donors (Lipinski definition) is 2. The number of cyclic esters (lactones) is 1. The molecule has 7 rings (SSSR count). The van der Waals surface area contributed by atoms with Gasteiger partial charge in [0.25, 0.3) is 5.91 Å². The highest BCUT2D eigenvalue weighted by molar-refractivity contribution is 7.10. The van der Waals surface area contributed by atoms with E-state index >= 15 is 4.39 Å². The number of thiazole rings is 1. The number of hydrazine groups is 1. The van der Waals surface area contributed by atoms with Crippen LogP contribution in [0.25, 0.3) is 33.4 Å². The van der Waals surface area contributed by atoms with Crippen LogP contribution in [0.2, 0.25) is 0 Å². The van der Waals surface area contributed by atoms with Gasteiger partial charge >= 0.3 is 12.1 Å². The molecule has 3 atom stereocenters. The molecule has 2 fully saturated rings. The van der Waals surface area contributed by atoms with Gasteiger partial charge in [-0.2, -0.15) is 13.2 Å². The molecule has 0 aliphatic carbocycles. The Labute approximate surface area is 326 Å². The summed E-state index contributed by atoms with van der Waals surface area (Å²) in [6.07, 6.45) is -2.38. The first-order valence-electron chi connectivity index (χ1n) is 18.8. The zero-order chi connectivity index (χ0) is 40.1. The number of halogens is 4. The summed E-state index contributed by atoms with van der Waals surface area (Å²) in [7, 11) is 3.55. The second kappa shape index (κ2) is 15.6. The van der Waals surface area contributed by atoms with E-state index in [1.807, 2.05) is 27.0 Å². The number of aromatic nitrogens is 3. The molecule has 17 heteroatoms. The molecule has 0 saturated carbocycles. The number of methoxy groups -OCH3 is 1. The summed E-state index contributed by atoms with van der Waals surface area (Å²) in [5.41, 5.74) is 11.3. The Kier molecular flexibility index (Phi) is 11.2. The average molecular weight is 801 g/mol. The van der Waals surface area contributed by atoms with Gasteiger partial charge in [0.15, 0.2) is 0 Å². The number of hydrogen-bond acceptors (Lipinski definition) is 11. The first-order chi connectivity index (χ1) is 26.5. The maximum Gasteiger partial charge on any atom is 0.406 e. The Balaban J connectivity index is 1.47. The summed E-state index contributed by atoms with van der Waals surface area (Å²) in [6.45, 7) is 7.38. The van der Waals surface area contributed by atoms with Crippen molar-refractivity contribution in [3.63, 3.8) is 0 Å². The van der Waals surface area contributed by atoms with E-state index in [0.717, 1.165) is 29.4 Å². The number of carbonyl (C=O) groups excluding carboxylic acids is 2. The van der Waals surface area contributed by atoms with Gasteiger partial charge in [-0.25, -0.2) is 14.8 Å². The van der Waals surface area contributed by atoms with Crippen molar-refractivity contribution < 1.29 is 36.6 Å². The van der Waals surface area contributed by atoms with Gasteiger partial charge in [-0.15, -0.1) is 11.3 Å². The maximum atomic E-state index is 16.4. The SMILES string of the molecule is CO[C@@H](C)c1ncc(N2CCN(C)CC2)cc1-c1c2c3cc(c(F)cc3n1CC(F)(F)F)-c1csc(n1)C[C@H](N)C(=O)N1CCC[C@H](N1)C(=O)OCC(C)(C)C2. The number of likely N-dealkylation sites (N-methyl/N-ethyl adjacent to an activating group) is 1. The van der Waals surface area contributed by atoms with Gasteiger partial charge < -0.3 is 29.6 Å². The van der Waals surface area contributed by atoms with E-state index < -0.39 is 54.0 Å². The zero-order valence-electron chi connectivity index (χ0n) is 32.2. The summed E-state index contributed by atoms with van der Waals surface area (Å²) in [6, 6.07) is 2.78. The van der Waals surface area contributed by atoms with Crippen molar-refractivity contribution in [3.05, 3.63) is 51.9 Å². The number of anilines is 1. The number of fused-ring (bicyclic) bond motifs is 6. The van der Waals surface area contributed by atoms with Gasteiger partial charge in [-0.05, 0) is 57.0 Å². The predicted octanol–water partition coefficient (Wildman–Crippen LogP) is 5.48. The number of nitrogens with one attached hydrogen (secondary N) is 1. The quantitative estimate of drug-likeness (QED) is 0.198. The van der Waals surface area contributed by atoms with Crippen LogP contribution in [0.15, 0.2) is 29.8 Å². The van der Waals surface area contributed by atoms with Gasteiger partial charge in [0.05, 0.1) is 58.2 Å². The van der Waals surface area contributed by atoms with E-state index in [2.05, 4.69) is 20.2 Å². The molecule has 6 heterocycles. The van der Waals surface area contributed by atoms with Crippen molar-refractivity contribution in [2.45, 2.75) is 77.4 Å². The molecule has 0 radical (unpaired) electrons. The Bertz CT molecular complexity index is 2110. The topological polar surface area (TPSA) is 131 Å². The fourth-order valence-electron chi connectivity index (χ4n) is 7.81. The molecule has 6 bridgehead atoms. The smallest absolute Gasteiger partial charge is 0.406 e. The number of carbonyl (C=O) groups is 2. The number of esters is 1. The van der Waals surface area contributed by atoms with Crippen LogP contribution in [-0.4, -0.2) is 108 Å². The van der Waals surface area contributed by atoms with E-state index in [4.69, 9.17) is 20.2 Å². The largest absolute Gasteiger partial charge is 0.464 e. The number of alkyl halides is 3. The lowest BCUT2D eigenvalue weighted by molar-refractivity contribution is -0.155. The van der Waals surface area contributed by atoms with E-state index in [1.54, 1.807) is 24.6 Å². The standard InChI is InChI=1S/C39H48F4N8O4S/c1-22(54-5)34-26(13-23(18-45-34)49-11-9-48(4)10-12-49)35-27-17-38(2,3)21-55-37(53)30-7-6-8-51(47-30)36(52)29(44)16-33-46-31(19-56-33)25-14-24(27)32(15-28(25)40)50(35)20-39(41,42)43/h13-15,18-19,22,29-30,47H,6-12,16-17,20-21,44H2,1-5H3/t22-,29-,30-/m0/s1. The van der Waals surface area contributed by atoms with Crippen molar-refractivity contribution in [2.75, 3.05) is 58.4 Å². The Morgan fingerprint density at radius 3 is 2.59 bits per heavy atom. The van der Waals surface area contributed by atoms with Gasteiger partial charge in [0, 0.05) is 73.6 Å². The normalized spacial score (nSPS) is 22.0. The maximum absolute atomic E-state index is 16.4. The molecule has 12 nitrogen and oxygen atoms in total. The van der Waals surface area contributed by atoms with Crippen molar-refractivity contribution in [2.24, 2.45) is 11.1 Å². The Hall–Kier alpha value is -4.16.